The maximum atomic E-state index is 4.34. The molecule has 1 atom stereocenters. The van der Waals surface area contributed by atoms with E-state index in [-0.39, 0.29) is 0 Å². The van der Waals surface area contributed by atoms with E-state index in [1.165, 1.54) is 12.0 Å². The number of nitrogens with zero attached hydrogens (tertiary/aromatic N) is 2. The van der Waals surface area contributed by atoms with E-state index in [1.807, 2.05) is 10.9 Å². The summed E-state index contributed by atoms with van der Waals surface area (Å²) in [6.07, 6.45) is 6.46. The normalized spacial score (nSPS) is 15.2. The van der Waals surface area contributed by atoms with E-state index in [0.29, 0.717) is 11.5 Å². The van der Waals surface area contributed by atoms with Crippen LogP contribution in [0.2, 0.25) is 0 Å². The molecular weight excluding hydrogens is 210 g/mol. The highest BCUT2D eigenvalue weighted by atomic mass is 15.3. The van der Waals surface area contributed by atoms with Crippen LogP contribution in [0.25, 0.3) is 0 Å². The van der Waals surface area contributed by atoms with E-state index in [9.17, 15) is 0 Å². The lowest BCUT2D eigenvalue weighted by Gasteiger charge is -2.29. The summed E-state index contributed by atoms with van der Waals surface area (Å²) in [5.74, 6) is 0. The molecule has 3 heteroatoms. The van der Waals surface area contributed by atoms with Crippen LogP contribution >= 0.6 is 0 Å². The van der Waals surface area contributed by atoms with Crippen LogP contribution in [0, 0.1) is 5.41 Å². The quantitative estimate of drug-likeness (QED) is 0.790. The third-order valence-electron chi connectivity index (χ3n) is 3.43. The van der Waals surface area contributed by atoms with Crippen molar-refractivity contribution in [1.29, 1.82) is 0 Å². The summed E-state index contributed by atoms with van der Waals surface area (Å²) < 4.78 is 2.00. The minimum atomic E-state index is 0.325. The Kier molecular flexibility index (Phi) is 5.19. The molecule has 0 radical (unpaired) electrons. The number of aryl methyl sites for hydroxylation is 1. The highest BCUT2D eigenvalue weighted by Crippen LogP contribution is 2.25. The van der Waals surface area contributed by atoms with Crippen LogP contribution in [0.4, 0.5) is 0 Å². The topological polar surface area (TPSA) is 29.9 Å². The molecule has 0 aromatic carbocycles. The molecule has 98 valence electrons. The molecule has 3 nitrogen and oxygen atoms in total. The van der Waals surface area contributed by atoms with Gasteiger partial charge in [-0.05, 0) is 30.7 Å². The number of hydrogen-bond donors (Lipinski definition) is 1. The minimum absolute atomic E-state index is 0.325. The fourth-order valence-corrected chi connectivity index (χ4v) is 1.93. The molecule has 17 heavy (non-hydrogen) atoms. The molecule has 1 rings (SSSR count). The Hall–Kier alpha value is -0.830. The van der Waals surface area contributed by atoms with Gasteiger partial charge in [0.25, 0.3) is 0 Å². The molecule has 0 aliphatic heterocycles. The molecule has 0 spiro atoms. The van der Waals surface area contributed by atoms with Crippen molar-refractivity contribution < 1.29 is 0 Å². The van der Waals surface area contributed by atoms with Gasteiger partial charge in [0.1, 0.15) is 0 Å². The van der Waals surface area contributed by atoms with Gasteiger partial charge in [-0.2, -0.15) is 5.10 Å². The Balaban J connectivity index is 2.60. The number of nitrogens with one attached hydrogen (secondary N) is 1. The van der Waals surface area contributed by atoms with E-state index in [1.54, 1.807) is 0 Å². The van der Waals surface area contributed by atoms with Crippen LogP contribution in [-0.2, 0) is 13.0 Å². The maximum Gasteiger partial charge on any atom is 0.0521 e. The molecule has 0 saturated carbocycles. The zero-order chi connectivity index (χ0) is 12.9. The average molecular weight is 237 g/mol. The number of aromatic nitrogens is 2. The summed E-state index contributed by atoms with van der Waals surface area (Å²) in [4.78, 5) is 0. The Labute approximate surface area is 106 Å². The lowest BCUT2D eigenvalue weighted by atomic mass is 9.81. The van der Waals surface area contributed by atoms with Gasteiger partial charge in [-0.15, -0.1) is 0 Å². The van der Waals surface area contributed by atoms with Crippen molar-refractivity contribution in [2.75, 3.05) is 6.54 Å². The maximum absolute atomic E-state index is 4.34. The second kappa shape index (κ2) is 6.20. The first-order valence-corrected chi connectivity index (χ1v) is 6.74. The van der Waals surface area contributed by atoms with Gasteiger partial charge in [-0.1, -0.05) is 27.7 Å². The van der Waals surface area contributed by atoms with Crippen molar-refractivity contribution in [1.82, 2.24) is 15.1 Å². The van der Waals surface area contributed by atoms with Crippen LogP contribution in [0.15, 0.2) is 12.4 Å². The molecule has 1 unspecified atom stereocenters. The third-order valence-corrected chi connectivity index (χ3v) is 3.43. The molecule has 1 heterocycles. The standard InChI is InChI=1S/C14H27N3/c1-6-14(5,11-15-12(3)4)8-13-9-16-17(7-2)10-13/h9-10,12,15H,6-8,11H2,1-5H3. The lowest BCUT2D eigenvalue weighted by Crippen LogP contribution is -2.36. The van der Waals surface area contributed by atoms with E-state index in [0.717, 1.165) is 19.5 Å². The van der Waals surface area contributed by atoms with Crippen LogP contribution in [0.1, 0.15) is 46.6 Å². The predicted octanol–water partition coefficient (Wildman–Crippen LogP) is 2.86. The van der Waals surface area contributed by atoms with Gasteiger partial charge >= 0.3 is 0 Å². The fourth-order valence-electron chi connectivity index (χ4n) is 1.93. The highest BCUT2D eigenvalue weighted by Gasteiger charge is 2.23. The van der Waals surface area contributed by atoms with Crippen LogP contribution in [0.5, 0.6) is 0 Å². The molecule has 0 saturated heterocycles. The summed E-state index contributed by atoms with van der Waals surface area (Å²) in [6, 6.07) is 0.555. The predicted molar refractivity (Wildman–Crippen MR) is 73.1 cm³/mol. The van der Waals surface area contributed by atoms with Crippen molar-refractivity contribution in [3.8, 4) is 0 Å². The zero-order valence-electron chi connectivity index (χ0n) is 12.0. The summed E-state index contributed by atoms with van der Waals surface area (Å²) in [5.41, 5.74) is 1.67. The van der Waals surface area contributed by atoms with Gasteiger partial charge in [-0.25, -0.2) is 0 Å². The van der Waals surface area contributed by atoms with Gasteiger partial charge in [0, 0.05) is 25.3 Å². The molecule has 0 bridgehead atoms. The van der Waals surface area contributed by atoms with Crippen LogP contribution < -0.4 is 5.32 Å². The van der Waals surface area contributed by atoms with E-state index in [2.05, 4.69) is 51.2 Å². The van der Waals surface area contributed by atoms with Gasteiger partial charge in [0.05, 0.1) is 6.20 Å². The monoisotopic (exact) mass is 237 g/mol. The van der Waals surface area contributed by atoms with Crippen molar-refractivity contribution >= 4 is 0 Å². The molecule has 0 amide bonds. The molecule has 0 fully saturated rings. The van der Waals surface area contributed by atoms with E-state index < -0.39 is 0 Å². The SMILES string of the molecule is CCn1cc(CC(C)(CC)CNC(C)C)cn1. The van der Waals surface area contributed by atoms with Crippen molar-refractivity contribution in [3.05, 3.63) is 18.0 Å². The third kappa shape index (κ3) is 4.50. The Morgan fingerprint density at radius 1 is 1.41 bits per heavy atom. The summed E-state index contributed by atoms with van der Waals surface area (Å²) in [7, 11) is 0. The number of rotatable bonds is 7. The molecule has 1 aromatic heterocycles. The largest absolute Gasteiger partial charge is 0.314 e. The molecule has 1 aromatic rings. The summed E-state index contributed by atoms with van der Waals surface area (Å²) >= 11 is 0. The second-order valence-corrected chi connectivity index (χ2v) is 5.58. The van der Waals surface area contributed by atoms with Crippen molar-refractivity contribution in [2.24, 2.45) is 5.41 Å². The smallest absolute Gasteiger partial charge is 0.0521 e. The van der Waals surface area contributed by atoms with E-state index in [4.69, 9.17) is 0 Å². The van der Waals surface area contributed by atoms with Gasteiger partial charge < -0.3 is 5.32 Å². The molecule has 1 N–H and O–H groups in total. The number of hydrogen-bond acceptors (Lipinski definition) is 2. The summed E-state index contributed by atoms with van der Waals surface area (Å²) in [5, 5.41) is 7.90. The van der Waals surface area contributed by atoms with Crippen molar-refractivity contribution in [2.45, 2.75) is 60.0 Å². The first-order chi connectivity index (χ1) is 7.99. The first kappa shape index (κ1) is 14.2. The highest BCUT2D eigenvalue weighted by molar-refractivity contribution is 5.07. The molecule has 0 aliphatic carbocycles. The van der Waals surface area contributed by atoms with Gasteiger partial charge in [0.15, 0.2) is 0 Å². The first-order valence-electron chi connectivity index (χ1n) is 6.74. The Bertz CT molecular complexity index is 330. The van der Waals surface area contributed by atoms with Crippen LogP contribution in [-0.4, -0.2) is 22.4 Å². The minimum Gasteiger partial charge on any atom is -0.314 e. The van der Waals surface area contributed by atoms with Crippen LogP contribution in [0.3, 0.4) is 0 Å². The average Bonchev–Trinajstić information content (AvgIpc) is 2.74. The van der Waals surface area contributed by atoms with Crippen molar-refractivity contribution in [3.63, 3.8) is 0 Å². The van der Waals surface area contributed by atoms with E-state index >= 15 is 0 Å². The Morgan fingerprint density at radius 3 is 2.59 bits per heavy atom. The zero-order valence-corrected chi connectivity index (χ0v) is 12.0. The second-order valence-electron chi connectivity index (χ2n) is 5.58. The fraction of sp³-hybridized carbons (Fsp3) is 0.786. The lowest BCUT2D eigenvalue weighted by molar-refractivity contribution is 0.281. The molecule has 0 aliphatic rings. The van der Waals surface area contributed by atoms with Gasteiger partial charge in [0.2, 0.25) is 0 Å². The van der Waals surface area contributed by atoms with Gasteiger partial charge in [-0.3, -0.25) is 4.68 Å². The molecular formula is C14H27N3. The Morgan fingerprint density at radius 2 is 2.12 bits per heavy atom. The summed E-state index contributed by atoms with van der Waals surface area (Å²) in [6.45, 7) is 13.2.